The van der Waals surface area contributed by atoms with E-state index in [-0.39, 0.29) is 5.91 Å². The van der Waals surface area contributed by atoms with Crippen LogP contribution in [0, 0.1) is 6.92 Å². The maximum Gasteiger partial charge on any atom is 0.401 e. The number of amides is 2. The van der Waals surface area contributed by atoms with Gasteiger partial charge in [-0.15, -0.1) is 0 Å². The maximum absolute atomic E-state index is 12.3. The summed E-state index contributed by atoms with van der Waals surface area (Å²) >= 11 is 0. The van der Waals surface area contributed by atoms with Crippen LogP contribution in [0.5, 0.6) is 0 Å². The molecular formula is C15H18F3N3O2. The number of anilines is 1. The molecule has 0 spiro atoms. The molecule has 1 saturated heterocycles. The van der Waals surface area contributed by atoms with E-state index in [1.54, 1.807) is 4.90 Å². The predicted octanol–water partition coefficient (Wildman–Crippen LogP) is 1.37. The molecule has 1 fully saturated rings. The van der Waals surface area contributed by atoms with E-state index in [1.807, 2.05) is 36.5 Å². The second kappa shape index (κ2) is 6.99. The van der Waals surface area contributed by atoms with Gasteiger partial charge in [-0.25, -0.2) is 0 Å². The monoisotopic (exact) mass is 329 g/mol. The highest BCUT2D eigenvalue weighted by molar-refractivity contribution is 6.01. The van der Waals surface area contributed by atoms with Crippen LogP contribution >= 0.6 is 0 Å². The van der Waals surface area contributed by atoms with Crippen LogP contribution in [0.3, 0.4) is 0 Å². The zero-order valence-electron chi connectivity index (χ0n) is 12.6. The number of benzene rings is 1. The Balaban J connectivity index is 1.84. The van der Waals surface area contributed by atoms with Crippen molar-refractivity contribution in [3.8, 4) is 0 Å². The lowest BCUT2D eigenvalue weighted by atomic mass is 10.2. The minimum atomic E-state index is -4.37. The lowest BCUT2D eigenvalue weighted by Crippen LogP contribution is -2.45. The molecule has 0 radical (unpaired) electrons. The van der Waals surface area contributed by atoms with Crippen LogP contribution in [0.25, 0.3) is 0 Å². The standard InChI is InChI=1S/C15H18F3N3O2/c1-10-2-4-11(5-3-10)21-7-6-12(14(21)23)20-13(22)8-19-9-15(16,17)18/h2-5,12,19H,6-9H2,1H3,(H,20,22). The van der Waals surface area contributed by atoms with Crippen LogP contribution in [0.15, 0.2) is 24.3 Å². The van der Waals surface area contributed by atoms with E-state index in [1.165, 1.54) is 0 Å². The smallest absolute Gasteiger partial charge is 0.343 e. The first-order valence-electron chi connectivity index (χ1n) is 7.21. The fraction of sp³-hybridized carbons (Fsp3) is 0.467. The summed E-state index contributed by atoms with van der Waals surface area (Å²) in [6.45, 7) is 0.678. The van der Waals surface area contributed by atoms with Crippen molar-refractivity contribution in [3.63, 3.8) is 0 Å². The topological polar surface area (TPSA) is 61.4 Å². The van der Waals surface area contributed by atoms with Crippen molar-refractivity contribution >= 4 is 17.5 Å². The number of hydrogen-bond donors (Lipinski definition) is 2. The Bertz CT molecular complexity index is 572. The molecule has 2 amide bonds. The fourth-order valence-electron chi connectivity index (χ4n) is 2.36. The summed E-state index contributed by atoms with van der Waals surface area (Å²) in [7, 11) is 0. The minimum Gasteiger partial charge on any atom is -0.343 e. The van der Waals surface area contributed by atoms with Gasteiger partial charge in [-0.1, -0.05) is 17.7 Å². The highest BCUT2D eigenvalue weighted by Crippen LogP contribution is 2.21. The summed E-state index contributed by atoms with van der Waals surface area (Å²) < 4.78 is 36.0. The number of alkyl halides is 3. The van der Waals surface area contributed by atoms with Gasteiger partial charge in [0, 0.05) is 12.2 Å². The summed E-state index contributed by atoms with van der Waals surface area (Å²) in [6.07, 6.45) is -3.94. The van der Waals surface area contributed by atoms with Crippen molar-refractivity contribution in [3.05, 3.63) is 29.8 Å². The summed E-state index contributed by atoms with van der Waals surface area (Å²) in [5.41, 5.74) is 1.81. The Morgan fingerprint density at radius 1 is 1.30 bits per heavy atom. The highest BCUT2D eigenvalue weighted by Gasteiger charge is 2.33. The number of nitrogens with one attached hydrogen (secondary N) is 2. The molecule has 2 rings (SSSR count). The average Bonchev–Trinajstić information content (AvgIpc) is 2.80. The van der Waals surface area contributed by atoms with Gasteiger partial charge in [-0.05, 0) is 25.5 Å². The number of aryl methyl sites for hydroxylation is 1. The average molecular weight is 329 g/mol. The molecule has 1 aromatic rings. The van der Waals surface area contributed by atoms with Crippen LogP contribution in [0.2, 0.25) is 0 Å². The first kappa shape index (κ1) is 17.3. The molecule has 2 N–H and O–H groups in total. The number of hydrogen-bond acceptors (Lipinski definition) is 3. The molecule has 23 heavy (non-hydrogen) atoms. The second-order valence-corrected chi connectivity index (χ2v) is 5.45. The Labute approximate surface area is 131 Å². The van der Waals surface area contributed by atoms with Gasteiger partial charge in [0.15, 0.2) is 0 Å². The van der Waals surface area contributed by atoms with Gasteiger partial charge in [0.05, 0.1) is 13.1 Å². The number of carbonyl (C=O) groups is 2. The Morgan fingerprint density at radius 2 is 1.96 bits per heavy atom. The molecular weight excluding hydrogens is 311 g/mol. The van der Waals surface area contributed by atoms with Crippen molar-refractivity contribution in [1.82, 2.24) is 10.6 Å². The third-order valence-electron chi connectivity index (χ3n) is 3.50. The Morgan fingerprint density at radius 3 is 2.57 bits per heavy atom. The van der Waals surface area contributed by atoms with E-state index >= 15 is 0 Å². The molecule has 1 atom stereocenters. The Kier molecular flexibility index (Phi) is 5.25. The molecule has 0 aliphatic carbocycles. The van der Waals surface area contributed by atoms with Gasteiger partial charge in [0.1, 0.15) is 6.04 Å². The Hall–Kier alpha value is -2.09. The van der Waals surface area contributed by atoms with Gasteiger partial charge >= 0.3 is 6.18 Å². The third kappa shape index (κ3) is 4.95. The maximum atomic E-state index is 12.3. The van der Waals surface area contributed by atoms with Crippen LogP contribution in [-0.2, 0) is 9.59 Å². The molecule has 1 aliphatic rings. The SMILES string of the molecule is Cc1ccc(N2CCC(NC(=O)CNCC(F)(F)F)C2=O)cc1. The number of rotatable bonds is 5. The molecule has 5 nitrogen and oxygen atoms in total. The van der Waals surface area contributed by atoms with Gasteiger partial charge in [0.25, 0.3) is 0 Å². The van der Waals surface area contributed by atoms with E-state index in [4.69, 9.17) is 0 Å². The van der Waals surface area contributed by atoms with E-state index in [0.29, 0.717) is 13.0 Å². The minimum absolute atomic E-state index is 0.252. The van der Waals surface area contributed by atoms with Crippen molar-refractivity contribution in [2.75, 3.05) is 24.5 Å². The van der Waals surface area contributed by atoms with Crippen LogP contribution in [-0.4, -0.2) is 43.7 Å². The van der Waals surface area contributed by atoms with Crippen molar-refractivity contribution in [1.29, 1.82) is 0 Å². The van der Waals surface area contributed by atoms with E-state index in [2.05, 4.69) is 5.32 Å². The van der Waals surface area contributed by atoms with Crippen molar-refractivity contribution < 1.29 is 22.8 Å². The summed E-state index contributed by atoms with van der Waals surface area (Å²) in [4.78, 5) is 25.4. The molecule has 0 bridgehead atoms. The largest absolute Gasteiger partial charge is 0.401 e. The van der Waals surface area contributed by atoms with Gasteiger partial charge < -0.3 is 15.5 Å². The van der Waals surface area contributed by atoms with Crippen LogP contribution < -0.4 is 15.5 Å². The first-order valence-corrected chi connectivity index (χ1v) is 7.21. The zero-order chi connectivity index (χ0) is 17.0. The number of carbonyl (C=O) groups excluding carboxylic acids is 2. The van der Waals surface area contributed by atoms with Crippen LogP contribution in [0.1, 0.15) is 12.0 Å². The molecule has 1 unspecified atom stereocenters. The normalized spacial score (nSPS) is 18.3. The van der Waals surface area contributed by atoms with Gasteiger partial charge in [-0.3, -0.25) is 9.59 Å². The van der Waals surface area contributed by atoms with Crippen LogP contribution in [0.4, 0.5) is 18.9 Å². The van der Waals surface area contributed by atoms with Gasteiger partial charge in [-0.2, -0.15) is 13.2 Å². The number of nitrogens with zero attached hydrogens (tertiary/aromatic N) is 1. The molecule has 126 valence electrons. The second-order valence-electron chi connectivity index (χ2n) is 5.45. The van der Waals surface area contributed by atoms with E-state index in [9.17, 15) is 22.8 Å². The zero-order valence-corrected chi connectivity index (χ0v) is 12.6. The third-order valence-corrected chi connectivity index (χ3v) is 3.50. The molecule has 1 aromatic carbocycles. The van der Waals surface area contributed by atoms with Gasteiger partial charge in [0.2, 0.25) is 11.8 Å². The molecule has 1 heterocycles. The lowest BCUT2D eigenvalue weighted by Gasteiger charge is -2.17. The summed E-state index contributed by atoms with van der Waals surface area (Å²) in [5.74, 6) is -0.878. The van der Waals surface area contributed by atoms with Crippen molar-refractivity contribution in [2.24, 2.45) is 0 Å². The quantitative estimate of drug-likeness (QED) is 0.858. The molecule has 0 aromatic heterocycles. The predicted molar refractivity (Wildman–Crippen MR) is 79.0 cm³/mol. The first-order chi connectivity index (χ1) is 10.8. The summed E-state index contributed by atoms with van der Waals surface area (Å²) in [6, 6.07) is 6.71. The highest BCUT2D eigenvalue weighted by atomic mass is 19.4. The fourth-order valence-corrected chi connectivity index (χ4v) is 2.36. The number of halogens is 3. The molecule has 1 aliphatic heterocycles. The molecule has 0 saturated carbocycles. The summed E-state index contributed by atoms with van der Waals surface area (Å²) in [5, 5.41) is 4.47. The molecule has 8 heteroatoms. The van der Waals surface area contributed by atoms with E-state index in [0.717, 1.165) is 11.3 Å². The van der Waals surface area contributed by atoms with E-state index < -0.39 is 31.2 Å². The lowest BCUT2D eigenvalue weighted by molar-refractivity contribution is -0.130. The van der Waals surface area contributed by atoms with Crippen molar-refractivity contribution in [2.45, 2.75) is 25.6 Å².